The minimum Gasteiger partial charge on any atom is -0.343 e. The van der Waals surface area contributed by atoms with E-state index in [4.69, 9.17) is 0 Å². The van der Waals surface area contributed by atoms with E-state index in [2.05, 4.69) is 33.0 Å². The molecule has 0 spiro atoms. The molecule has 1 heterocycles. The van der Waals surface area contributed by atoms with Gasteiger partial charge in [-0.15, -0.1) is 0 Å². The molecule has 1 aliphatic rings. The Kier molecular flexibility index (Phi) is 4.99. The molecular formula is C14H28N2O. The maximum absolute atomic E-state index is 12.2. The summed E-state index contributed by atoms with van der Waals surface area (Å²) in [5.74, 6) is 0.777. The van der Waals surface area contributed by atoms with Crippen molar-refractivity contribution in [1.29, 1.82) is 0 Å². The average molecular weight is 240 g/mol. The van der Waals surface area contributed by atoms with Gasteiger partial charge in [0.15, 0.2) is 0 Å². The van der Waals surface area contributed by atoms with Crippen LogP contribution in [0.1, 0.15) is 47.0 Å². The molecule has 1 unspecified atom stereocenters. The molecule has 1 atom stereocenters. The predicted octanol–water partition coefficient (Wildman–Crippen LogP) is 2.27. The number of nitrogens with zero attached hydrogens (tertiary/aromatic N) is 1. The maximum Gasteiger partial charge on any atom is 0.222 e. The molecule has 0 aromatic rings. The molecule has 1 amide bonds. The lowest BCUT2D eigenvalue weighted by Gasteiger charge is -2.34. The number of amides is 1. The number of piperidine rings is 1. The lowest BCUT2D eigenvalue weighted by molar-refractivity contribution is -0.134. The molecule has 1 rings (SSSR count). The first kappa shape index (κ1) is 14.5. The molecule has 3 heteroatoms. The summed E-state index contributed by atoms with van der Waals surface area (Å²) in [6.07, 6.45) is 2.87. The van der Waals surface area contributed by atoms with E-state index < -0.39 is 0 Å². The van der Waals surface area contributed by atoms with Crippen molar-refractivity contribution >= 4 is 5.91 Å². The molecule has 3 nitrogen and oxygen atoms in total. The first-order chi connectivity index (χ1) is 7.84. The predicted molar refractivity (Wildman–Crippen MR) is 71.9 cm³/mol. The largest absolute Gasteiger partial charge is 0.343 e. The highest BCUT2D eigenvalue weighted by Crippen LogP contribution is 2.28. The van der Waals surface area contributed by atoms with Crippen LogP contribution >= 0.6 is 0 Å². The van der Waals surface area contributed by atoms with Crippen LogP contribution in [0.15, 0.2) is 0 Å². The van der Waals surface area contributed by atoms with Gasteiger partial charge in [0.1, 0.15) is 0 Å². The Morgan fingerprint density at radius 1 is 1.35 bits per heavy atom. The van der Waals surface area contributed by atoms with Gasteiger partial charge in [-0.05, 0) is 31.2 Å². The van der Waals surface area contributed by atoms with E-state index in [9.17, 15) is 4.79 Å². The van der Waals surface area contributed by atoms with Gasteiger partial charge in [-0.2, -0.15) is 0 Å². The summed E-state index contributed by atoms with van der Waals surface area (Å²) in [4.78, 5) is 14.2. The summed E-state index contributed by atoms with van der Waals surface area (Å²) >= 11 is 0. The van der Waals surface area contributed by atoms with E-state index in [1.807, 2.05) is 11.9 Å². The topological polar surface area (TPSA) is 32.3 Å². The van der Waals surface area contributed by atoms with Gasteiger partial charge in [-0.25, -0.2) is 0 Å². The van der Waals surface area contributed by atoms with E-state index in [1.165, 1.54) is 0 Å². The van der Waals surface area contributed by atoms with Gasteiger partial charge in [0, 0.05) is 25.6 Å². The standard InChI is InChI=1S/C14H28N2O/c1-11(14(2,3)4)10-13(17)16-8-6-12(15-5)7-9-16/h11-12,15H,6-10H2,1-5H3. The van der Waals surface area contributed by atoms with Gasteiger partial charge in [0.2, 0.25) is 5.91 Å². The van der Waals surface area contributed by atoms with Crippen LogP contribution in [0, 0.1) is 11.3 Å². The molecule has 0 saturated carbocycles. The number of likely N-dealkylation sites (tertiary alicyclic amines) is 1. The third kappa shape index (κ3) is 4.30. The average Bonchev–Trinajstić information content (AvgIpc) is 2.27. The SMILES string of the molecule is CNC1CCN(C(=O)CC(C)C(C)(C)C)CC1. The van der Waals surface area contributed by atoms with Crippen LogP contribution in [0.5, 0.6) is 0 Å². The highest BCUT2D eigenvalue weighted by molar-refractivity contribution is 5.76. The zero-order chi connectivity index (χ0) is 13.1. The molecule has 0 radical (unpaired) electrons. The van der Waals surface area contributed by atoms with Crippen LogP contribution in [-0.4, -0.2) is 37.0 Å². The van der Waals surface area contributed by atoms with Crippen LogP contribution in [0.3, 0.4) is 0 Å². The van der Waals surface area contributed by atoms with Crippen molar-refractivity contribution < 1.29 is 4.79 Å². The lowest BCUT2D eigenvalue weighted by Crippen LogP contribution is -2.44. The highest BCUT2D eigenvalue weighted by Gasteiger charge is 2.27. The van der Waals surface area contributed by atoms with Crippen molar-refractivity contribution in [3.8, 4) is 0 Å². The summed E-state index contributed by atoms with van der Waals surface area (Å²) in [5, 5.41) is 3.29. The van der Waals surface area contributed by atoms with E-state index in [1.54, 1.807) is 0 Å². The third-order valence-corrected chi connectivity index (χ3v) is 4.22. The summed E-state index contributed by atoms with van der Waals surface area (Å²) in [7, 11) is 2.00. The molecule has 0 aliphatic carbocycles. The molecule has 1 N–H and O–H groups in total. The quantitative estimate of drug-likeness (QED) is 0.821. The first-order valence-electron chi connectivity index (χ1n) is 6.79. The molecule has 1 saturated heterocycles. The number of nitrogens with one attached hydrogen (secondary N) is 1. The molecule has 0 aromatic carbocycles. The van der Waals surface area contributed by atoms with Gasteiger partial charge in [0.25, 0.3) is 0 Å². The monoisotopic (exact) mass is 240 g/mol. The summed E-state index contributed by atoms with van der Waals surface area (Å²) < 4.78 is 0. The third-order valence-electron chi connectivity index (χ3n) is 4.22. The van der Waals surface area contributed by atoms with E-state index in [-0.39, 0.29) is 5.41 Å². The fraction of sp³-hybridized carbons (Fsp3) is 0.929. The second-order valence-corrected chi connectivity index (χ2v) is 6.41. The minimum atomic E-state index is 0.221. The van der Waals surface area contributed by atoms with Gasteiger partial charge < -0.3 is 10.2 Å². The van der Waals surface area contributed by atoms with Gasteiger partial charge >= 0.3 is 0 Å². The van der Waals surface area contributed by atoms with Crippen LogP contribution in [0.4, 0.5) is 0 Å². The Balaban J connectivity index is 2.39. The second kappa shape index (κ2) is 5.85. The van der Waals surface area contributed by atoms with Crippen LogP contribution in [0.25, 0.3) is 0 Å². The fourth-order valence-electron chi connectivity index (χ4n) is 2.11. The van der Waals surface area contributed by atoms with E-state index >= 15 is 0 Å². The molecule has 1 fully saturated rings. The summed E-state index contributed by atoms with van der Waals surface area (Å²) in [6, 6.07) is 0.596. The van der Waals surface area contributed by atoms with Crippen molar-refractivity contribution in [1.82, 2.24) is 10.2 Å². The normalized spacial score (nSPS) is 20.4. The molecule has 0 bridgehead atoms. The Bertz CT molecular complexity index is 249. The van der Waals surface area contributed by atoms with E-state index in [0.29, 0.717) is 24.3 Å². The smallest absolute Gasteiger partial charge is 0.222 e. The number of hydrogen-bond donors (Lipinski definition) is 1. The van der Waals surface area contributed by atoms with E-state index in [0.717, 1.165) is 25.9 Å². The second-order valence-electron chi connectivity index (χ2n) is 6.41. The number of hydrogen-bond acceptors (Lipinski definition) is 2. The zero-order valence-electron chi connectivity index (χ0n) is 12.0. The number of carbonyl (C=O) groups is 1. The van der Waals surface area contributed by atoms with Crippen LogP contribution in [-0.2, 0) is 4.79 Å². The van der Waals surface area contributed by atoms with Gasteiger partial charge in [-0.1, -0.05) is 27.7 Å². The van der Waals surface area contributed by atoms with Gasteiger partial charge in [0.05, 0.1) is 0 Å². The first-order valence-corrected chi connectivity index (χ1v) is 6.79. The van der Waals surface area contributed by atoms with Crippen molar-refractivity contribution in [2.45, 2.75) is 53.0 Å². The van der Waals surface area contributed by atoms with Crippen molar-refractivity contribution in [3.05, 3.63) is 0 Å². The molecule has 1 aliphatic heterocycles. The Labute approximate surface area is 106 Å². The fourth-order valence-corrected chi connectivity index (χ4v) is 2.11. The maximum atomic E-state index is 12.2. The summed E-state index contributed by atoms with van der Waals surface area (Å²) in [6.45, 7) is 10.6. The highest BCUT2D eigenvalue weighted by atomic mass is 16.2. The molecule has 100 valence electrons. The lowest BCUT2D eigenvalue weighted by atomic mass is 9.80. The van der Waals surface area contributed by atoms with Crippen LogP contribution in [0.2, 0.25) is 0 Å². The minimum absolute atomic E-state index is 0.221. The van der Waals surface area contributed by atoms with Gasteiger partial charge in [-0.3, -0.25) is 4.79 Å². The number of carbonyl (C=O) groups excluding carboxylic acids is 1. The van der Waals surface area contributed by atoms with Crippen LogP contribution < -0.4 is 5.32 Å². The number of rotatable bonds is 3. The Morgan fingerprint density at radius 3 is 2.29 bits per heavy atom. The zero-order valence-corrected chi connectivity index (χ0v) is 12.0. The molecule has 0 aromatic heterocycles. The van der Waals surface area contributed by atoms with Crippen molar-refractivity contribution in [2.75, 3.05) is 20.1 Å². The molecule has 17 heavy (non-hydrogen) atoms. The summed E-state index contributed by atoms with van der Waals surface area (Å²) in [5.41, 5.74) is 0.221. The van der Waals surface area contributed by atoms with Crippen molar-refractivity contribution in [2.24, 2.45) is 11.3 Å². The molecular weight excluding hydrogens is 212 g/mol. The Hall–Kier alpha value is -0.570. The van der Waals surface area contributed by atoms with Crippen molar-refractivity contribution in [3.63, 3.8) is 0 Å². The Morgan fingerprint density at radius 2 is 1.88 bits per heavy atom.